The largest absolute Gasteiger partial charge is 0.748 e. The summed E-state index contributed by atoms with van der Waals surface area (Å²) < 4.78 is 360. The minimum Gasteiger partial charge on any atom is -0.748 e. The van der Waals surface area contributed by atoms with Crippen molar-refractivity contribution in [3.63, 3.8) is 0 Å². The van der Waals surface area contributed by atoms with E-state index in [0.29, 0.717) is 22.0 Å². The molecule has 3 aromatic carbocycles. The zero-order chi connectivity index (χ0) is 74.8. The lowest BCUT2D eigenvalue weighted by Gasteiger charge is -2.38. The predicted molar refractivity (Wildman–Crippen MR) is 296 cm³/mol. The molecule has 0 heterocycles. The van der Waals surface area contributed by atoms with E-state index in [1.165, 1.54) is 0 Å². The summed E-state index contributed by atoms with van der Waals surface area (Å²) in [5.74, 6) is -20.0. The molecule has 97 heavy (non-hydrogen) atoms. The molecule has 3 aromatic rings. The fraction of sp³-hybridized carbons (Fsp3) is 0.538. The summed E-state index contributed by atoms with van der Waals surface area (Å²) in [5, 5.41) is 0. The number of benzene rings is 3. The third kappa shape index (κ3) is 28.1. The van der Waals surface area contributed by atoms with Crippen LogP contribution in [0.1, 0.15) is 80.9 Å². The summed E-state index contributed by atoms with van der Waals surface area (Å²) in [6.07, 6.45) is -43.4. The predicted octanol–water partition coefficient (Wildman–Crippen LogP) is 11.5. The van der Waals surface area contributed by atoms with Crippen molar-refractivity contribution < 1.29 is 175 Å². The molecule has 1 aliphatic rings. The lowest BCUT2D eigenvalue weighted by Crippen LogP contribution is -2.64. The number of hydrogen-bond acceptors (Lipinski definition) is 21. The van der Waals surface area contributed by atoms with Gasteiger partial charge in [0.05, 0.1) is 66.1 Å². The van der Waals surface area contributed by atoms with Gasteiger partial charge in [-0.1, -0.05) is 90.3 Å². The standard InChI is InChI=1S/C19H19BrF6O7S.C17H17BrF6O7S.C16H15BrF6O7S/c20-14-7-1-11(2-8-14)9-32-15(27)12-3-5-13(6-4-12)16(28)33-17(18(21,22)23,19(24,25)26)10-34(29,30)31;18-12-6-4-11(5-7-12)8-9-30-13(25)2-1-3-14(26)31-15(16(19,20)21,17(22,23)24)10-32(27,28)29;17-11-5-2-1-4-10(11)8-29-12(24)6-3-7-13(25)30-14(15(18,19)20,16(21,22)23)9-31(26,27)28/h1-2,7-8,12-13H,3-6,9-10H2,(H,29,30,31);4-7H,1-3,8-10H2,(H,27,28,29);1-2,4-5H,3,6-9H2,(H,26,27,28)/p-3. The molecule has 0 amide bonds. The maximum absolute atomic E-state index is 13.3. The van der Waals surface area contributed by atoms with Crippen LogP contribution in [-0.4, -0.2) is 152 Å². The highest BCUT2D eigenvalue weighted by atomic mass is 79.9. The second kappa shape index (κ2) is 35.1. The normalized spacial score (nSPS) is 15.5. The number of rotatable bonds is 26. The Kier molecular flexibility index (Phi) is 31.7. The van der Waals surface area contributed by atoms with E-state index in [1.54, 1.807) is 72.8 Å². The third-order valence-corrected chi connectivity index (χ3v) is 17.0. The first kappa shape index (κ1) is 87.5. The van der Waals surface area contributed by atoms with E-state index < -0.39 is 188 Å². The molecule has 4 rings (SSSR count). The van der Waals surface area contributed by atoms with Crippen molar-refractivity contribution in [2.45, 2.75) is 138 Å². The minimum atomic E-state index is -6.44. The molecule has 0 radical (unpaired) electrons. The van der Waals surface area contributed by atoms with Crippen LogP contribution in [0.2, 0.25) is 0 Å². The smallest absolute Gasteiger partial charge is 0.438 e. The lowest BCUT2D eigenvalue weighted by molar-refractivity contribution is -0.362. The van der Waals surface area contributed by atoms with Crippen LogP contribution in [-0.2, 0) is 107 Å². The second-order valence-corrected chi connectivity index (χ2v) is 27.2. The van der Waals surface area contributed by atoms with E-state index in [-0.39, 0.29) is 45.5 Å². The fourth-order valence-corrected chi connectivity index (χ4v) is 11.5. The summed E-state index contributed by atoms with van der Waals surface area (Å²) in [7, 11) is -18.3. The quantitative estimate of drug-likeness (QED) is 0.0312. The molecule has 0 N–H and O–H groups in total. The Morgan fingerprint density at radius 3 is 1.07 bits per heavy atom. The molecule has 1 fully saturated rings. The zero-order valence-corrected chi connectivity index (χ0v) is 55.5. The maximum Gasteiger partial charge on any atom is 0.438 e. The third-order valence-electron chi connectivity index (χ3n) is 12.9. The van der Waals surface area contributed by atoms with Crippen molar-refractivity contribution in [1.82, 2.24) is 0 Å². The summed E-state index contributed by atoms with van der Waals surface area (Å²) in [6, 6.07) is 20.5. The van der Waals surface area contributed by atoms with Gasteiger partial charge in [-0.25, -0.2) is 25.3 Å². The molecule has 0 saturated heterocycles. The van der Waals surface area contributed by atoms with Crippen LogP contribution in [0.25, 0.3) is 0 Å². The van der Waals surface area contributed by atoms with Gasteiger partial charge in [-0.2, -0.15) is 79.0 Å². The van der Waals surface area contributed by atoms with E-state index in [4.69, 9.17) is 14.2 Å². The molecule has 1 saturated carbocycles. The van der Waals surface area contributed by atoms with Gasteiger partial charge in [0.2, 0.25) is 0 Å². The molecule has 0 atom stereocenters. The number of alkyl halides is 18. The number of hydrogen-bond donors (Lipinski definition) is 0. The van der Waals surface area contributed by atoms with Crippen molar-refractivity contribution >= 4 is 114 Å². The van der Waals surface area contributed by atoms with E-state index in [2.05, 4.69) is 62.0 Å². The van der Waals surface area contributed by atoms with Gasteiger partial charge in [-0.15, -0.1) is 0 Å². The van der Waals surface area contributed by atoms with Crippen molar-refractivity contribution in [3.05, 3.63) is 103 Å². The minimum absolute atomic E-state index is 0.0580. The van der Waals surface area contributed by atoms with Gasteiger partial charge in [0.15, 0.2) is 0 Å². The van der Waals surface area contributed by atoms with Crippen LogP contribution in [0.4, 0.5) is 79.0 Å². The van der Waals surface area contributed by atoms with E-state index in [1.807, 2.05) is 0 Å². The van der Waals surface area contributed by atoms with Crippen LogP contribution < -0.4 is 0 Å². The summed E-state index contributed by atoms with van der Waals surface area (Å²) in [5.41, 5.74) is -14.5. The highest BCUT2D eigenvalue weighted by Crippen LogP contribution is 2.50. The van der Waals surface area contributed by atoms with Crippen molar-refractivity contribution in [2.75, 3.05) is 23.9 Å². The lowest BCUT2D eigenvalue weighted by atomic mass is 9.82. The first-order valence-electron chi connectivity index (χ1n) is 26.5. The summed E-state index contributed by atoms with van der Waals surface area (Å²) in [6.45, 7) is -0.299. The summed E-state index contributed by atoms with van der Waals surface area (Å²) in [4.78, 5) is 70.8. The average molecular weight is 1690 g/mol. The number of ether oxygens (including phenoxy) is 6. The van der Waals surface area contributed by atoms with Gasteiger partial charge in [0.25, 0.3) is 0 Å². The summed E-state index contributed by atoms with van der Waals surface area (Å²) >= 11 is 9.68. The van der Waals surface area contributed by atoms with Gasteiger partial charge in [-0.3, -0.25) is 28.8 Å². The van der Waals surface area contributed by atoms with E-state index >= 15 is 0 Å². The van der Waals surface area contributed by atoms with Gasteiger partial charge < -0.3 is 42.1 Å². The highest BCUT2D eigenvalue weighted by molar-refractivity contribution is 9.11. The molecule has 0 aromatic heterocycles. The molecular formula is C52H48Br3F18O21S3-3. The molecule has 550 valence electrons. The van der Waals surface area contributed by atoms with Gasteiger partial charge in [0.1, 0.15) is 13.2 Å². The number of carbonyl (C=O) groups is 6. The maximum atomic E-state index is 13.3. The Hall–Kier alpha value is -5.61. The van der Waals surface area contributed by atoms with Gasteiger partial charge in [0, 0.05) is 51.1 Å². The number of halogens is 21. The molecule has 1 aliphatic carbocycles. The van der Waals surface area contributed by atoms with Crippen molar-refractivity contribution in [2.24, 2.45) is 11.8 Å². The molecule has 21 nitrogen and oxygen atoms in total. The molecule has 45 heteroatoms. The topological polar surface area (TPSA) is 329 Å². The molecule has 0 bridgehead atoms. The van der Waals surface area contributed by atoms with Crippen LogP contribution in [0.3, 0.4) is 0 Å². The van der Waals surface area contributed by atoms with E-state index in [9.17, 15) is 147 Å². The van der Waals surface area contributed by atoms with Crippen LogP contribution in [0.5, 0.6) is 0 Å². The SMILES string of the molecule is O=C(CCCC(=O)OC(CS(=O)(=O)[O-])(C(F)(F)F)C(F)(F)F)OCCc1ccc(Br)cc1.O=C(CCCC(=O)OC(CS(=O)(=O)[O-])(C(F)(F)F)C(F)(F)F)OCc1ccccc1Br.O=C(OCc1ccc(Br)cc1)C1CCC(C(=O)OC(CS(=O)(=O)[O-])(C(F)(F)F)C(F)(F)F)CC1. The average Bonchev–Trinajstić information content (AvgIpc) is 0.763. The molecule has 0 aliphatic heterocycles. The Bertz CT molecular complexity index is 3460. The monoisotopic (exact) mass is 1680 g/mol. The Labute approximate surface area is 562 Å². The first-order chi connectivity index (χ1) is 43.9. The first-order valence-corrected chi connectivity index (χ1v) is 33.6. The van der Waals surface area contributed by atoms with Gasteiger partial charge in [-0.05, 0) is 80.0 Å². The molecular weight excluding hydrogens is 1640 g/mol. The number of esters is 6. The van der Waals surface area contributed by atoms with Crippen LogP contribution in [0, 0.1) is 11.8 Å². The Balaban J connectivity index is 0.000000496. The second-order valence-electron chi connectivity index (χ2n) is 20.3. The zero-order valence-electron chi connectivity index (χ0n) is 48.3. The van der Waals surface area contributed by atoms with Crippen molar-refractivity contribution in [1.29, 1.82) is 0 Å². The fourth-order valence-electron chi connectivity index (χ4n) is 7.93. The van der Waals surface area contributed by atoms with Crippen LogP contribution in [0.15, 0.2) is 86.2 Å². The Morgan fingerprint density at radius 1 is 0.402 bits per heavy atom. The molecule has 0 spiro atoms. The number of carbonyl (C=O) groups excluding carboxylic acids is 6. The van der Waals surface area contributed by atoms with Gasteiger partial charge >= 0.3 is 89.7 Å². The molecule has 0 unspecified atom stereocenters. The van der Waals surface area contributed by atoms with Crippen molar-refractivity contribution in [3.8, 4) is 0 Å². The van der Waals surface area contributed by atoms with E-state index in [0.717, 1.165) is 14.5 Å². The Morgan fingerprint density at radius 2 is 0.722 bits per heavy atom. The highest BCUT2D eigenvalue weighted by Gasteiger charge is 2.77. The van der Waals surface area contributed by atoms with Crippen LogP contribution >= 0.6 is 47.8 Å².